The van der Waals surface area contributed by atoms with Gasteiger partial charge < -0.3 is 14.6 Å². The molecule has 0 atom stereocenters. The first-order valence-corrected chi connectivity index (χ1v) is 11.3. The lowest BCUT2D eigenvalue weighted by molar-refractivity contribution is -0.136. The summed E-state index contributed by atoms with van der Waals surface area (Å²) in [4.78, 5) is 15.8. The summed E-state index contributed by atoms with van der Waals surface area (Å²) in [6.45, 7) is 8.54. The highest BCUT2D eigenvalue weighted by molar-refractivity contribution is 5.68. The molecule has 0 amide bonds. The number of methoxy groups -OCH3 is 1. The van der Waals surface area contributed by atoms with Crippen LogP contribution in [0, 0.1) is 18.2 Å². The van der Waals surface area contributed by atoms with E-state index in [-0.39, 0.29) is 24.3 Å². The molecule has 2 aromatic carbocycles. The van der Waals surface area contributed by atoms with E-state index in [2.05, 4.69) is 20.8 Å². The molecule has 0 radical (unpaired) electrons. The summed E-state index contributed by atoms with van der Waals surface area (Å²) < 4.78 is 26.1. The highest BCUT2D eigenvalue weighted by Crippen LogP contribution is 2.33. The summed E-state index contributed by atoms with van der Waals surface area (Å²) in [5.74, 6) is 0.137. The van der Waals surface area contributed by atoms with Crippen molar-refractivity contribution in [1.29, 1.82) is 0 Å². The van der Waals surface area contributed by atoms with Crippen molar-refractivity contribution in [2.24, 2.45) is 5.41 Å². The van der Waals surface area contributed by atoms with Gasteiger partial charge in [-0.1, -0.05) is 39.0 Å². The first-order chi connectivity index (χ1) is 16.1. The third-order valence-electron chi connectivity index (χ3n) is 5.57. The Morgan fingerprint density at radius 2 is 1.85 bits per heavy atom. The van der Waals surface area contributed by atoms with Crippen molar-refractivity contribution >= 4 is 5.97 Å². The first-order valence-electron chi connectivity index (χ1n) is 11.3. The van der Waals surface area contributed by atoms with Crippen molar-refractivity contribution in [3.63, 3.8) is 0 Å². The lowest BCUT2D eigenvalue weighted by Crippen LogP contribution is -2.13. The van der Waals surface area contributed by atoms with E-state index in [1.807, 2.05) is 37.3 Å². The highest BCUT2D eigenvalue weighted by Gasteiger charge is 2.19. The average Bonchev–Trinajstić information content (AvgIpc) is 2.77. The maximum Gasteiger partial charge on any atom is 0.303 e. The SMILES string of the molecule is COc1ccc(F)c(-c2ccc(COc3cccc(CCC(=O)O)c3C)nc2CC(C)(C)C)c1. The van der Waals surface area contributed by atoms with Crippen LogP contribution in [0.15, 0.2) is 48.5 Å². The smallest absolute Gasteiger partial charge is 0.303 e. The fourth-order valence-corrected chi connectivity index (χ4v) is 3.83. The van der Waals surface area contributed by atoms with Gasteiger partial charge in [-0.3, -0.25) is 9.78 Å². The molecule has 3 aromatic rings. The molecule has 0 saturated carbocycles. The van der Waals surface area contributed by atoms with Crippen LogP contribution in [-0.4, -0.2) is 23.2 Å². The minimum atomic E-state index is -0.825. The first kappa shape index (κ1) is 25.2. The fourth-order valence-electron chi connectivity index (χ4n) is 3.83. The molecule has 34 heavy (non-hydrogen) atoms. The Hall–Kier alpha value is -3.41. The van der Waals surface area contributed by atoms with Gasteiger partial charge in [0.1, 0.15) is 23.9 Å². The number of carboxylic acids is 1. The number of aryl methyl sites for hydroxylation is 1. The molecule has 0 saturated heterocycles. The molecule has 0 spiro atoms. The number of carboxylic acid groups (broad SMARTS) is 1. The molecular weight excluding hydrogens is 433 g/mol. The van der Waals surface area contributed by atoms with Gasteiger partial charge in [-0.25, -0.2) is 4.39 Å². The van der Waals surface area contributed by atoms with Gasteiger partial charge in [0, 0.05) is 23.2 Å². The number of halogens is 1. The van der Waals surface area contributed by atoms with E-state index < -0.39 is 5.97 Å². The molecule has 5 nitrogen and oxygen atoms in total. The predicted molar refractivity (Wildman–Crippen MR) is 131 cm³/mol. The molecule has 1 aromatic heterocycles. The van der Waals surface area contributed by atoms with Gasteiger partial charge in [0.15, 0.2) is 0 Å². The van der Waals surface area contributed by atoms with Crippen molar-refractivity contribution in [2.75, 3.05) is 7.11 Å². The Kier molecular flexibility index (Phi) is 7.92. The lowest BCUT2D eigenvalue weighted by atomic mass is 9.87. The zero-order valence-corrected chi connectivity index (χ0v) is 20.4. The number of pyridine rings is 1. The number of benzene rings is 2. The summed E-state index contributed by atoms with van der Waals surface area (Å²) in [6, 6.07) is 14.1. The minimum Gasteiger partial charge on any atom is -0.497 e. The van der Waals surface area contributed by atoms with E-state index >= 15 is 0 Å². The van der Waals surface area contributed by atoms with Gasteiger partial charge in [0.25, 0.3) is 0 Å². The average molecular weight is 466 g/mol. The maximum atomic E-state index is 14.7. The molecule has 6 heteroatoms. The maximum absolute atomic E-state index is 14.7. The number of hydrogen-bond acceptors (Lipinski definition) is 4. The van der Waals surface area contributed by atoms with Crippen molar-refractivity contribution in [3.05, 3.63) is 76.9 Å². The predicted octanol–water partition coefficient (Wildman–Crippen LogP) is 6.39. The monoisotopic (exact) mass is 465 g/mol. The van der Waals surface area contributed by atoms with Gasteiger partial charge in [-0.05, 0) is 66.6 Å². The van der Waals surface area contributed by atoms with E-state index in [9.17, 15) is 9.18 Å². The third-order valence-corrected chi connectivity index (χ3v) is 5.57. The molecular formula is C28H32FNO4. The van der Waals surface area contributed by atoms with E-state index in [1.165, 1.54) is 6.07 Å². The normalized spacial score (nSPS) is 11.4. The van der Waals surface area contributed by atoms with Crippen LogP contribution in [0.5, 0.6) is 11.5 Å². The Bertz CT molecular complexity index is 1170. The molecule has 0 aliphatic rings. The Balaban J connectivity index is 1.89. The molecule has 0 aliphatic heterocycles. The summed E-state index contributed by atoms with van der Waals surface area (Å²) in [5.41, 5.74) is 4.56. The van der Waals surface area contributed by atoms with Crippen molar-refractivity contribution in [2.45, 2.75) is 53.6 Å². The number of carbonyl (C=O) groups is 1. The molecule has 0 fully saturated rings. The van der Waals surface area contributed by atoms with Crippen molar-refractivity contribution < 1.29 is 23.8 Å². The van der Waals surface area contributed by atoms with Crippen molar-refractivity contribution in [1.82, 2.24) is 4.98 Å². The number of aliphatic carboxylic acids is 1. The summed E-state index contributed by atoms with van der Waals surface area (Å²) in [7, 11) is 1.56. The van der Waals surface area contributed by atoms with Crippen LogP contribution in [-0.2, 0) is 24.2 Å². The number of hydrogen-bond donors (Lipinski definition) is 1. The highest BCUT2D eigenvalue weighted by atomic mass is 19.1. The molecule has 1 heterocycles. The van der Waals surface area contributed by atoms with Gasteiger partial charge in [0.05, 0.1) is 12.8 Å². The largest absolute Gasteiger partial charge is 0.497 e. The third kappa shape index (κ3) is 6.56. The van der Waals surface area contributed by atoms with Crippen LogP contribution in [0.1, 0.15) is 49.7 Å². The van der Waals surface area contributed by atoms with Crippen LogP contribution in [0.4, 0.5) is 4.39 Å². The van der Waals surface area contributed by atoms with E-state index in [0.717, 1.165) is 28.1 Å². The number of aromatic nitrogens is 1. The number of ether oxygens (including phenoxy) is 2. The number of rotatable bonds is 9. The van der Waals surface area contributed by atoms with Gasteiger partial charge in [-0.15, -0.1) is 0 Å². The molecule has 0 unspecified atom stereocenters. The van der Waals surface area contributed by atoms with Crippen LogP contribution >= 0.6 is 0 Å². The van der Waals surface area contributed by atoms with E-state index in [0.29, 0.717) is 29.9 Å². The van der Waals surface area contributed by atoms with Crippen LogP contribution in [0.3, 0.4) is 0 Å². The Morgan fingerprint density at radius 1 is 1.09 bits per heavy atom. The lowest BCUT2D eigenvalue weighted by Gasteiger charge is -2.21. The Labute approximate surface area is 200 Å². The molecule has 1 N–H and O–H groups in total. The Morgan fingerprint density at radius 3 is 2.53 bits per heavy atom. The fraction of sp³-hybridized carbons (Fsp3) is 0.357. The number of nitrogens with zero attached hydrogens (tertiary/aromatic N) is 1. The van der Waals surface area contributed by atoms with Crippen molar-refractivity contribution in [3.8, 4) is 22.6 Å². The van der Waals surface area contributed by atoms with Crippen LogP contribution in [0.25, 0.3) is 11.1 Å². The second-order valence-electron chi connectivity index (χ2n) is 9.60. The molecule has 0 aliphatic carbocycles. The molecule has 0 bridgehead atoms. The summed E-state index contributed by atoms with van der Waals surface area (Å²) in [6.07, 6.45) is 1.19. The molecule has 3 rings (SSSR count). The topological polar surface area (TPSA) is 68.7 Å². The van der Waals surface area contributed by atoms with Gasteiger partial charge in [-0.2, -0.15) is 0 Å². The van der Waals surface area contributed by atoms with Crippen LogP contribution < -0.4 is 9.47 Å². The quantitative estimate of drug-likeness (QED) is 0.397. The zero-order chi connectivity index (χ0) is 24.9. The second kappa shape index (κ2) is 10.7. The minimum absolute atomic E-state index is 0.0500. The zero-order valence-electron chi connectivity index (χ0n) is 20.4. The second-order valence-corrected chi connectivity index (χ2v) is 9.60. The standard InChI is InChI=1S/C28H32FNO4/c1-18-19(9-14-27(31)32)7-6-8-26(18)34-17-20-10-12-22(25(30-20)16-28(2,3)4)23-15-21(33-5)11-13-24(23)29/h6-8,10-13,15H,9,14,16-17H2,1-5H3,(H,31,32). The van der Waals surface area contributed by atoms with Gasteiger partial charge >= 0.3 is 5.97 Å². The van der Waals surface area contributed by atoms with Gasteiger partial charge in [0.2, 0.25) is 0 Å². The van der Waals surface area contributed by atoms with E-state index in [4.69, 9.17) is 19.6 Å². The molecule has 180 valence electrons. The summed E-state index contributed by atoms with van der Waals surface area (Å²) in [5, 5.41) is 8.97. The van der Waals surface area contributed by atoms with E-state index in [1.54, 1.807) is 19.2 Å². The summed E-state index contributed by atoms with van der Waals surface area (Å²) >= 11 is 0. The van der Waals surface area contributed by atoms with Crippen LogP contribution in [0.2, 0.25) is 0 Å².